The molecule has 0 saturated heterocycles. The quantitative estimate of drug-likeness (QED) is 0.531. The SMILES string of the molecule is CCOC(=O)C(C(=O)OCC)C(OCC)c1ccc2c(n1)CCCC2. The molecule has 0 bridgehead atoms. The molecule has 6 nitrogen and oxygen atoms in total. The molecule has 25 heavy (non-hydrogen) atoms. The van der Waals surface area contributed by atoms with Crippen molar-refractivity contribution in [1.29, 1.82) is 0 Å². The van der Waals surface area contributed by atoms with Gasteiger partial charge in [0.1, 0.15) is 6.10 Å². The molecule has 1 aliphatic carbocycles. The number of aryl methyl sites for hydroxylation is 2. The highest BCUT2D eigenvalue weighted by Crippen LogP contribution is 2.30. The molecule has 2 rings (SSSR count). The Morgan fingerprint density at radius 1 is 1.00 bits per heavy atom. The van der Waals surface area contributed by atoms with Crippen molar-refractivity contribution < 1.29 is 23.8 Å². The fourth-order valence-corrected chi connectivity index (χ4v) is 3.10. The van der Waals surface area contributed by atoms with Crippen LogP contribution < -0.4 is 0 Å². The first kappa shape index (κ1) is 19.4. The Morgan fingerprint density at radius 3 is 2.24 bits per heavy atom. The molecule has 1 aromatic heterocycles. The molecule has 0 aliphatic heterocycles. The van der Waals surface area contributed by atoms with Crippen LogP contribution in [0.4, 0.5) is 0 Å². The lowest BCUT2D eigenvalue weighted by Gasteiger charge is -2.25. The number of carbonyl (C=O) groups is 2. The highest BCUT2D eigenvalue weighted by atomic mass is 16.6. The monoisotopic (exact) mass is 349 g/mol. The van der Waals surface area contributed by atoms with Crippen molar-refractivity contribution >= 4 is 11.9 Å². The van der Waals surface area contributed by atoms with Gasteiger partial charge in [0.15, 0.2) is 5.92 Å². The van der Waals surface area contributed by atoms with Gasteiger partial charge in [-0.25, -0.2) is 0 Å². The minimum Gasteiger partial charge on any atom is -0.465 e. The number of ether oxygens (including phenoxy) is 3. The molecular formula is C19H27NO5. The number of aromatic nitrogens is 1. The molecule has 0 radical (unpaired) electrons. The molecule has 0 saturated carbocycles. The summed E-state index contributed by atoms with van der Waals surface area (Å²) in [6, 6.07) is 3.87. The maximum absolute atomic E-state index is 12.4. The van der Waals surface area contributed by atoms with E-state index in [1.807, 2.05) is 19.1 Å². The number of nitrogens with zero attached hydrogens (tertiary/aromatic N) is 1. The fourth-order valence-electron chi connectivity index (χ4n) is 3.10. The first-order valence-electron chi connectivity index (χ1n) is 9.05. The van der Waals surface area contributed by atoms with E-state index in [4.69, 9.17) is 19.2 Å². The predicted molar refractivity (Wildman–Crippen MR) is 92.0 cm³/mol. The highest BCUT2D eigenvalue weighted by Gasteiger charge is 2.40. The zero-order chi connectivity index (χ0) is 18.2. The molecule has 6 heteroatoms. The summed E-state index contributed by atoms with van der Waals surface area (Å²) in [7, 11) is 0. The zero-order valence-electron chi connectivity index (χ0n) is 15.2. The summed E-state index contributed by atoms with van der Waals surface area (Å²) in [5, 5.41) is 0. The molecule has 0 aromatic carbocycles. The number of hydrogen-bond acceptors (Lipinski definition) is 6. The average molecular weight is 349 g/mol. The van der Waals surface area contributed by atoms with Crippen LogP contribution in [0.2, 0.25) is 0 Å². The van der Waals surface area contributed by atoms with Gasteiger partial charge in [-0.1, -0.05) is 6.07 Å². The molecule has 0 amide bonds. The van der Waals surface area contributed by atoms with Gasteiger partial charge in [0.2, 0.25) is 0 Å². The maximum Gasteiger partial charge on any atom is 0.323 e. The number of rotatable bonds is 8. The van der Waals surface area contributed by atoms with Gasteiger partial charge in [-0.3, -0.25) is 14.6 Å². The van der Waals surface area contributed by atoms with Gasteiger partial charge in [-0.2, -0.15) is 0 Å². The largest absolute Gasteiger partial charge is 0.465 e. The summed E-state index contributed by atoms with van der Waals surface area (Å²) in [5.74, 6) is -2.45. The summed E-state index contributed by atoms with van der Waals surface area (Å²) in [4.78, 5) is 29.5. The third kappa shape index (κ3) is 4.78. The van der Waals surface area contributed by atoms with E-state index in [1.54, 1.807) is 13.8 Å². The summed E-state index contributed by atoms with van der Waals surface area (Å²) in [6.45, 7) is 5.94. The van der Waals surface area contributed by atoms with Gasteiger partial charge in [0.05, 0.1) is 18.9 Å². The number of pyridine rings is 1. The molecular weight excluding hydrogens is 322 g/mol. The van der Waals surface area contributed by atoms with Crippen LogP contribution in [0.5, 0.6) is 0 Å². The lowest BCUT2D eigenvalue weighted by Crippen LogP contribution is -2.35. The van der Waals surface area contributed by atoms with E-state index >= 15 is 0 Å². The summed E-state index contributed by atoms with van der Waals surface area (Å²) in [6.07, 6.45) is 3.38. The predicted octanol–water partition coefficient (Wildman–Crippen LogP) is 2.78. The Balaban J connectivity index is 2.37. The third-order valence-corrected chi connectivity index (χ3v) is 4.22. The van der Waals surface area contributed by atoms with Crippen molar-refractivity contribution in [1.82, 2.24) is 4.98 Å². The van der Waals surface area contributed by atoms with E-state index in [2.05, 4.69) is 0 Å². The Kier molecular flexibility index (Phi) is 7.37. The van der Waals surface area contributed by atoms with Gasteiger partial charge >= 0.3 is 11.9 Å². The van der Waals surface area contributed by atoms with Crippen LogP contribution in [-0.4, -0.2) is 36.7 Å². The van der Waals surface area contributed by atoms with Crippen molar-refractivity contribution in [3.05, 3.63) is 29.1 Å². The molecule has 1 unspecified atom stereocenters. The minimum absolute atomic E-state index is 0.186. The van der Waals surface area contributed by atoms with Gasteiger partial charge in [-0.15, -0.1) is 0 Å². The number of carbonyl (C=O) groups excluding carboxylic acids is 2. The van der Waals surface area contributed by atoms with E-state index in [0.29, 0.717) is 12.3 Å². The molecule has 0 N–H and O–H groups in total. The van der Waals surface area contributed by atoms with Crippen LogP contribution in [0.25, 0.3) is 0 Å². The lowest BCUT2D eigenvalue weighted by molar-refractivity contribution is -0.169. The fraction of sp³-hybridized carbons (Fsp3) is 0.632. The Labute approximate surface area is 148 Å². The maximum atomic E-state index is 12.4. The second kappa shape index (κ2) is 9.51. The average Bonchev–Trinajstić information content (AvgIpc) is 2.61. The van der Waals surface area contributed by atoms with Crippen LogP contribution >= 0.6 is 0 Å². The second-order valence-corrected chi connectivity index (χ2v) is 5.91. The summed E-state index contributed by atoms with van der Waals surface area (Å²) in [5.41, 5.74) is 2.84. The normalized spacial score (nSPS) is 14.7. The molecule has 1 aliphatic rings. The smallest absolute Gasteiger partial charge is 0.323 e. The van der Waals surface area contributed by atoms with Crippen molar-refractivity contribution in [3.8, 4) is 0 Å². The van der Waals surface area contributed by atoms with Crippen LogP contribution in [-0.2, 0) is 36.6 Å². The number of esters is 2. The van der Waals surface area contributed by atoms with Crippen LogP contribution in [0, 0.1) is 5.92 Å². The molecule has 138 valence electrons. The van der Waals surface area contributed by atoms with Crippen molar-refractivity contribution in [3.63, 3.8) is 0 Å². The Bertz CT molecular complexity index is 583. The zero-order valence-corrected chi connectivity index (χ0v) is 15.2. The van der Waals surface area contributed by atoms with Crippen molar-refractivity contribution in [2.75, 3.05) is 19.8 Å². The van der Waals surface area contributed by atoms with E-state index in [9.17, 15) is 9.59 Å². The van der Waals surface area contributed by atoms with E-state index in [1.165, 1.54) is 5.56 Å². The van der Waals surface area contributed by atoms with Crippen LogP contribution in [0.1, 0.15) is 56.7 Å². The molecule has 1 heterocycles. The van der Waals surface area contributed by atoms with Crippen molar-refractivity contribution in [2.45, 2.75) is 52.6 Å². The van der Waals surface area contributed by atoms with E-state index in [-0.39, 0.29) is 13.2 Å². The van der Waals surface area contributed by atoms with Gasteiger partial charge in [-0.05, 0) is 58.1 Å². The molecule has 0 spiro atoms. The molecule has 1 atom stereocenters. The number of fused-ring (bicyclic) bond motifs is 1. The Hall–Kier alpha value is -1.95. The Morgan fingerprint density at radius 2 is 1.64 bits per heavy atom. The van der Waals surface area contributed by atoms with E-state index < -0.39 is 24.0 Å². The first-order valence-corrected chi connectivity index (χ1v) is 9.05. The minimum atomic E-state index is -1.17. The van der Waals surface area contributed by atoms with E-state index in [0.717, 1.165) is 31.4 Å². The number of hydrogen-bond donors (Lipinski definition) is 0. The van der Waals surface area contributed by atoms with Crippen LogP contribution in [0.15, 0.2) is 12.1 Å². The van der Waals surface area contributed by atoms with Gasteiger partial charge in [0.25, 0.3) is 0 Å². The standard InChI is InChI=1S/C19H27NO5/c1-4-23-17(16(18(21)24-5-2)19(22)25-6-3)15-12-11-13-9-7-8-10-14(13)20-15/h11-12,16-17H,4-10H2,1-3H3. The van der Waals surface area contributed by atoms with Gasteiger partial charge < -0.3 is 14.2 Å². The summed E-state index contributed by atoms with van der Waals surface area (Å²) >= 11 is 0. The second-order valence-electron chi connectivity index (χ2n) is 5.91. The molecule has 1 aromatic rings. The molecule has 0 fully saturated rings. The topological polar surface area (TPSA) is 74.7 Å². The summed E-state index contributed by atoms with van der Waals surface area (Å²) < 4.78 is 15.9. The van der Waals surface area contributed by atoms with Crippen molar-refractivity contribution in [2.24, 2.45) is 5.92 Å². The third-order valence-electron chi connectivity index (χ3n) is 4.22. The van der Waals surface area contributed by atoms with Gasteiger partial charge in [0, 0.05) is 12.3 Å². The first-order chi connectivity index (χ1) is 12.1. The van der Waals surface area contributed by atoms with Crippen LogP contribution in [0.3, 0.4) is 0 Å². The highest BCUT2D eigenvalue weighted by molar-refractivity contribution is 5.95. The lowest BCUT2D eigenvalue weighted by atomic mass is 9.93.